The molecule has 0 fully saturated rings. The van der Waals surface area contributed by atoms with Gasteiger partial charge < -0.3 is 4.42 Å². The summed E-state index contributed by atoms with van der Waals surface area (Å²) in [5.74, 6) is 1.22. The Kier molecular flexibility index (Phi) is 4.32. The van der Waals surface area contributed by atoms with Crippen LogP contribution in [0.3, 0.4) is 0 Å². The first-order valence-electron chi connectivity index (χ1n) is 8.45. The topological polar surface area (TPSA) is 13.1 Å². The Hall–Kier alpha value is -3.27. The van der Waals surface area contributed by atoms with Crippen LogP contribution in [0.5, 0.6) is 0 Å². The second-order valence-electron chi connectivity index (χ2n) is 6.16. The molecule has 1 nitrogen and oxygen atoms in total. The van der Waals surface area contributed by atoms with Crippen molar-refractivity contribution in [2.75, 3.05) is 0 Å². The zero-order valence-electron chi connectivity index (χ0n) is 14.2. The molecule has 0 N–H and O–H groups in total. The SMILES string of the molecule is FC(F)(F)c1ccc(-c2oc(-c3ccccc3)cc2-c2ccccc2)cc1. The van der Waals surface area contributed by atoms with E-state index in [0.717, 1.165) is 28.8 Å². The summed E-state index contributed by atoms with van der Waals surface area (Å²) in [5.41, 5.74) is 2.62. The molecular formula is C23H15F3O. The van der Waals surface area contributed by atoms with Gasteiger partial charge in [0.15, 0.2) is 0 Å². The lowest BCUT2D eigenvalue weighted by Gasteiger charge is -2.08. The first-order chi connectivity index (χ1) is 13.0. The van der Waals surface area contributed by atoms with Crippen molar-refractivity contribution in [3.63, 3.8) is 0 Å². The van der Waals surface area contributed by atoms with E-state index in [9.17, 15) is 13.2 Å². The number of furan rings is 1. The Morgan fingerprint density at radius 1 is 0.593 bits per heavy atom. The van der Waals surface area contributed by atoms with Crippen LogP contribution in [0.4, 0.5) is 13.2 Å². The summed E-state index contributed by atoms with van der Waals surface area (Å²) >= 11 is 0. The van der Waals surface area contributed by atoms with Crippen LogP contribution in [0, 0.1) is 0 Å². The normalized spacial score (nSPS) is 11.5. The number of benzene rings is 3. The number of halogens is 3. The van der Waals surface area contributed by atoms with E-state index in [1.165, 1.54) is 12.1 Å². The molecule has 1 heterocycles. The van der Waals surface area contributed by atoms with E-state index in [1.54, 1.807) is 0 Å². The molecule has 4 aromatic rings. The molecule has 134 valence electrons. The van der Waals surface area contributed by atoms with Crippen LogP contribution in [-0.4, -0.2) is 0 Å². The average Bonchev–Trinajstić information content (AvgIpc) is 3.14. The van der Waals surface area contributed by atoms with Crippen LogP contribution in [0.2, 0.25) is 0 Å². The number of alkyl halides is 3. The first kappa shape index (κ1) is 17.2. The van der Waals surface area contributed by atoms with Crippen LogP contribution in [0.25, 0.3) is 33.8 Å². The van der Waals surface area contributed by atoms with Gasteiger partial charge in [-0.1, -0.05) is 72.8 Å². The molecule has 0 saturated heterocycles. The fourth-order valence-electron chi connectivity index (χ4n) is 2.99. The van der Waals surface area contributed by atoms with Gasteiger partial charge in [-0.25, -0.2) is 0 Å². The lowest BCUT2D eigenvalue weighted by Crippen LogP contribution is -2.03. The minimum absolute atomic E-state index is 0.550. The maximum Gasteiger partial charge on any atom is 0.416 e. The van der Waals surface area contributed by atoms with E-state index >= 15 is 0 Å². The molecule has 0 unspecified atom stereocenters. The van der Waals surface area contributed by atoms with Gasteiger partial charge in [-0.3, -0.25) is 0 Å². The molecule has 0 atom stereocenters. The molecule has 4 heteroatoms. The Bertz CT molecular complexity index is 1030. The van der Waals surface area contributed by atoms with Crippen LogP contribution >= 0.6 is 0 Å². The standard InChI is InChI=1S/C23H15F3O/c24-23(25,26)19-13-11-18(12-14-19)22-20(16-7-3-1-4-8-16)15-21(27-22)17-9-5-2-6-10-17/h1-15H. The fraction of sp³-hybridized carbons (Fsp3) is 0.0435. The molecule has 0 aliphatic carbocycles. The molecule has 0 amide bonds. The third kappa shape index (κ3) is 3.51. The zero-order chi connectivity index (χ0) is 18.9. The van der Waals surface area contributed by atoms with E-state index in [1.807, 2.05) is 66.7 Å². The van der Waals surface area contributed by atoms with E-state index in [2.05, 4.69) is 0 Å². The Morgan fingerprint density at radius 2 is 1.15 bits per heavy atom. The largest absolute Gasteiger partial charge is 0.455 e. The Labute approximate surface area is 154 Å². The van der Waals surface area contributed by atoms with E-state index < -0.39 is 11.7 Å². The van der Waals surface area contributed by atoms with Gasteiger partial charge in [0.25, 0.3) is 0 Å². The monoisotopic (exact) mass is 364 g/mol. The minimum Gasteiger partial charge on any atom is -0.455 e. The third-order valence-electron chi connectivity index (χ3n) is 4.35. The van der Waals surface area contributed by atoms with Crippen LogP contribution in [0.15, 0.2) is 95.4 Å². The number of hydrogen-bond donors (Lipinski definition) is 0. The highest BCUT2D eigenvalue weighted by molar-refractivity contribution is 5.83. The zero-order valence-corrected chi connectivity index (χ0v) is 14.2. The van der Waals surface area contributed by atoms with Gasteiger partial charge >= 0.3 is 6.18 Å². The average molecular weight is 364 g/mol. The maximum absolute atomic E-state index is 12.9. The highest BCUT2D eigenvalue weighted by atomic mass is 19.4. The molecule has 4 rings (SSSR count). The highest BCUT2D eigenvalue weighted by Gasteiger charge is 2.30. The fourth-order valence-corrected chi connectivity index (χ4v) is 2.99. The first-order valence-corrected chi connectivity index (χ1v) is 8.45. The quantitative estimate of drug-likeness (QED) is 0.372. The number of hydrogen-bond acceptors (Lipinski definition) is 1. The molecule has 0 aliphatic heterocycles. The third-order valence-corrected chi connectivity index (χ3v) is 4.35. The van der Waals surface area contributed by atoms with Crippen LogP contribution < -0.4 is 0 Å². The van der Waals surface area contributed by atoms with Crippen molar-refractivity contribution in [2.24, 2.45) is 0 Å². The van der Waals surface area contributed by atoms with Crippen molar-refractivity contribution in [1.29, 1.82) is 0 Å². The van der Waals surface area contributed by atoms with Gasteiger partial charge in [-0.2, -0.15) is 13.2 Å². The minimum atomic E-state index is -4.36. The summed E-state index contributed by atoms with van der Waals surface area (Å²) in [5, 5.41) is 0. The summed E-state index contributed by atoms with van der Waals surface area (Å²) in [4.78, 5) is 0. The summed E-state index contributed by atoms with van der Waals surface area (Å²) in [6.07, 6.45) is -4.36. The van der Waals surface area contributed by atoms with Crippen molar-refractivity contribution in [2.45, 2.75) is 6.18 Å². The molecule has 3 aromatic carbocycles. The summed E-state index contributed by atoms with van der Waals surface area (Å²) in [7, 11) is 0. The van der Waals surface area contributed by atoms with Crippen molar-refractivity contribution in [1.82, 2.24) is 0 Å². The van der Waals surface area contributed by atoms with Gasteiger partial charge in [0.05, 0.1) is 5.56 Å². The molecule has 27 heavy (non-hydrogen) atoms. The summed E-state index contributed by atoms with van der Waals surface area (Å²) in [6.45, 7) is 0. The molecule has 0 spiro atoms. The van der Waals surface area contributed by atoms with Crippen molar-refractivity contribution in [3.05, 3.63) is 96.6 Å². The smallest absolute Gasteiger partial charge is 0.416 e. The van der Waals surface area contributed by atoms with E-state index in [-0.39, 0.29) is 0 Å². The molecule has 1 aromatic heterocycles. The predicted molar refractivity (Wildman–Crippen MR) is 100 cm³/mol. The maximum atomic E-state index is 12.9. The predicted octanol–water partition coefficient (Wildman–Crippen LogP) is 7.30. The molecule has 0 aliphatic rings. The lowest BCUT2D eigenvalue weighted by molar-refractivity contribution is -0.137. The molecule has 0 radical (unpaired) electrons. The van der Waals surface area contributed by atoms with E-state index in [4.69, 9.17) is 4.42 Å². The van der Waals surface area contributed by atoms with Crippen LogP contribution in [-0.2, 0) is 6.18 Å². The second kappa shape index (κ2) is 6.80. The number of rotatable bonds is 3. The van der Waals surface area contributed by atoms with Crippen molar-refractivity contribution >= 4 is 0 Å². The highest BCUT2D eigenvalue weighted by Crippen LogP contribution is 2.39. The van der Waals surface area contributed by atoms with Gasteiger partial charge in [0.2, 0.25) is 0 Å². The molecule has 0 bridgehead atoms. The van der Waals surface area contributed by atoms with Gasteiger partial charge in [0.1, 0.15) is 11.5 Å². The van der Waals surface area contributed by atoms with E-state index in [0.29, 0.717) is 17.1 Å². The molecular weight excluding hydrogens is 349 g/mol. The Balaban J connectivity index is 1.85. The van der Waals surface area contributed by atoms with Gasteiger partial charge in [-0.15, -0.1) is 0 Å². The van der Waals surface area contributed by atoms with Crippen LogP contribution in [0.1, 0.15) is 5.56 Å². The summed E-state index contributed by atoms with van der Waals surface area (Å²) in [6, 6.07) is 26.3. The lowest BCUT2D eigenvalue weighted by atomic mass is 10.0. The second-order valence-corrected chi connectivity index (χ2v) is 6.16. The van der Waals surface area contributed by atoms with Gasteiger partial charge in [0, 0.05) is 16.7 Å². The van der Waals surface area contributed by atoms with Crippen molar-refractivity contribution < 1.29 is 17.6 Å². The van der Waals surface area contributed by atoms with Crippen molar-refractivity contribution in [3.8, 4) is 33.8 Å². The summed E-state index contributed by atoms with van der Waals surface area (Å²) < 4.78 is 44.7. The molecule has 0 saturated carbocycles. The Morgan fingerprint density at radius 3 is 1.70 bits per heavy atom. The van der Waals surface area contributed by atoms with Gasteiger partial charge in [-0.05, 0) is 23.8 Å².